The van der Waals surface area contributed by atoms with Crippen LogP contribution in [0.25, 0.3) is 16.5 Å². The molecule has 0 aliphatic carbocycles. The van der Waals surface area contributed by atoms with Crippen LogP contribution < -0.4 is 9.47 Å². The molecule has 0 saturated heterocycles. The van der Waals surface area contributed by atoms with Gasteiger partial charge in [-0.2, -0.15) is 0 Å². The van der Waals surface area contributed by atoms with E-state index in [2.05, 4.69) is 15.0 Å². The van der Waals surface area contributed by atoms with Gasteiger partial charge in [-0.1, -0.05) is 29.5 Å². The van der Waals surface area contributed by atoms with Crippen LogP contribution in [0.2, 0.25) is 0 Å². The summed E-state index contributed by atoms with van der Waals surface area (Å²) in [6, 6.07) is 7.23. The second kappa shape index (κ2) is 8.22. The largest absolute Gasteiger partial charge is 0.491 e. The molecule has 6 nitrogen and oxygen atoms in total. The van der Waals surface area contributed by atoms with E-state index in [0.717, 1.165) is 10.6 Å². The van der Waals surface area contributed by atoms with Gasteiger partial charge in [0.2, 0.25) is 0 Å². The molecule has 0 fully saturated rings. The first-order valence-electron chi connectivity index (χ1n) is 7.19. The van der Waals surface area contributed by atoms with E-state index in [0.29, 0.717) is 10.9 Å². The van der Waals surface area contributed by atoms with Crippen LogP contribution in [0.15, 0.2) is 41.7 Å². The second-order valence-electron chi connectivity index (χ2n) is 5.07. The summed E-state index contributed by atoms with van der Waals surface area (Å²) in [5, 5.41) is 4.13. The van der Waals surface area contributed by atoms with Crippen LogP contribution >= 0.6 is 11.3 Å². The van der Waals surface area contributed by atoms with Crippen molar-refractivity contribution in [2.45, 2.75) is 32.9 Å². The van der Waals surface area contributed by atoms with E-state index >= 15 is 0 Å². The van der Waals surface area contributed by atoms with Gasteiger partial charge in [0.15, 0.2) is 0 Å². The summed E-state index contributed by atoms with van der Waals surface area (Å²) in [5.41, 5.74) is 8.36. The van der Waals surface area contributed by atoms with E-state index in [-0.39, 0.29) is 12.1 Å². The molecule has 0 aliphatic heterocycles. The summed E-state index contributed by atoms with van der Waals surface area (Å²) in [6.45, 7) is 5.78. The fraction of sp³-hybridized carbons (Fsp3) is 0.312. The Labute approximate surface area is 139 Å². The van der Waals surface area contributed by atoms with Gasteiger partial charge in [0, 0.05) is 11.1 Å². The Hall–Kier alpha value is -2.50. The number of azide groups is 1. The minimum atomic E-state index is -0.194. The normalized spacial score (nSPS) is 12.2. The smallest absolute Gasteiger partial charge is 0.279 e. The Morgan fingerprint density at radius 1 is 1.22 bits per heavy atom. The lowest BCUT2D eigenvalue weighted by molar-refractivity contribution is 0.242. The molecule has 7 heteroatoms. The molecule has 0 radical (unpaired) electrons. The minimum absolute atomic E-state index is 0.142. The molecule has 2 rings (SSSR count). The van der Waals surface area contributed by atoms with Crippen LogP contribution in [-0.4, -0.2) is 17.1 Å². The van der Waals surface area contributed by atoms with Gasteiger partial charge in [0.25, 0.3) is 5.19 Å². The predicted octanol–water partition coefficient (Wildman–Crippen LogP) is 5.43. The third-order valence-electron chi connectivity index (χ3n) is 2.68. The zero-order valence-electron chi connectivity index (χ0n) is 13.2. The molecule has 120 valence electrons. The lowest BCUT2D eigenvalue weighted by Crippen LogP contribution is -2.05. The molecule has 0 saturated carbocycles. The average Bonchev–Trinajstić information content (AvgIpc) is 2.95. The third kappa shape index (κ3) is 5.65. The first-order chi connectivity index (χ1) is 11.1. The standard InChI is InChI=1S/C16H18N4O2S/c1-11(2)21-13-5-7-14(8-6-13)22-16-18-10-15(23-16)9-4-12(3)19-20-17/h4-12H,1-3H3. The first-order valence-corrected chi connectivity index (χ1v) is 8.01. The number of aromatic nitrogens is 1. The molecule has 1 aromatic carbocycles. The number of benzene rings is 1. The van der Waals surface area contributed by atoms with Gasteiger partial charge in [-0.15, -0.1) is 0 Å². The van der Waals surface area contributed by atoms with E-state index in [1.165, 1.54) is 11.3 Å². The van der Waals surface area contributed by atoms with Crippen molar-refractivity contribution in [3.8, 4) is 16.7 Å². The van der Waals surface area contributed by atoms with E-state index in [9.17, 15) is 0 Å². The lowest BCUT2D eigenvalue weighted by Gasteiger charge is -2.09. The van der Waals surface area contributed by atoms with Crippen LogP contribution in [0.3, 0.4) is 0 Å². The summed E-state index contributed by atoms with van der Waals surface area (Å²) in [5.74, 6) is 1.51. The monoisotopic (exact) mass is 330 g/mol. The maximum atomic E-state index is 8.36. The zero-order valence-corrected chi connectivity index (χ0v) is 14.0. The molecule has 1 atom stereocenters. The maximum absolute atomic E-state index is 8.36. The Morgan fingerprint density at radius 2 is 1.91 bits per heavy atom. The maximum Gasteiger partial charge on any atom is 0.279 e. The van der Waals surface area contributed by atoms with Crippen LogP contribution in [0, 0.1) is 0 Å². The molecule has 0 spiro atoms. The number of hydrogen-bond acceptors (Lipinski definition) is 5. The molecule has 23 heavy (non-hydrogen) atoms. The number of hydrogen-bond donors (Lipinski definition) is 0. The average molecular weight is 330 g/mol. The molecule has 0 bridgehead atoms. The van der Waals surface area contributed by atoms with Gasteiger partial charge in [-0.3, -0.25) is 0 Å². The summed E-state index contributed by atoms with van der Waals surface area (Å²) < 4.78 is 11.3. The predicted molar refractivity (Wildman–Crippen MR) is 92.0 cm³/mol. The Morgan fingerprint density at radius 3 is 2.57 bits per heavy atom. The quantitative estimate of drug-likeness (QED) is 0.385. The van der Waals surface area contributed by atoms with Crippen LogP contribution in [0.4, 0.5) is 0 Å². The minimum Gasteiger partial charge on any atom is -0.491 e. The third-order valence-corrected chi connectivity index (χ3v) is 3.52. The molecular formula is C16H18N4O2S. The van der Waals surface area contributed by atoms with Crippen LogP contribution in [0.5, 0.6) is 16.7 Å². The van der Waals surface area contributed by atoms with E-state index < -0.39 is 0 Å². The van der Waals surface area contributed by atoms with Crippen molar-refractivity contribution in [3.05, 3.63) is 51.9 Å². The number of rotatable bonds is 7. The summed E-state index contributed by atoms with van der Waals surface area (Å²) in [4.78, 5) is 7.91. The molecule has 1 aromatic heterocycles. The van der Waals surface area contributed by atoms with Crippen molar-refractivity contribution in [2.75, 3.05) is 0 Å². The summed E-state index contributed by atoms with van der Waals surface area (Å²) >= 11 is 1.42. The molecule has 2 aromatic rings. The van der Waals surface area contributed by atoms with Crippen molar-refractivity contribution in [1.82, 2.24) is 4.98 Å². The highest BCUT2D eigenvalue weighted by Crippen LogP contribution is 2.28. The van der Waals surface area contributed by atoms with Crippen LogP contribution in [0.1, 0.15) is 25.6 Å². The van der Waals surface area contributed by atoms with Gasteiger partial charge in [0.1, 0.15) is 11.5 Å². The van der Waals surface area contributed by atoms with Gasteiger partial charge in [-0.25, -0.2) is 4.98 Å². The molecule has 1 unspecified atom stereocenters. The van der Waals surface area contributed by atoms with Crippen molar-refractivity contribution in [3.63, 3.8) is 0 Å². The second-order valence-corrected chi connectivity index (χ2v) is 6.10. The van der Waals surface area contributed by atoms with Gasteiger partial charge in [-0.05, 0) is 49.7 Å². The fourth-order valence-electron chi connectivity index (χ4n) is 1.71. The van der Waals surface area contributed by atoms with Gasteiger partial charge >= 0.3 is 0 Å². The van der Waals surface area contributed by atoms with Crippen LogP contribution in [-0.2, 0) is 0 Å². The summed E-state index contributed by atoms with van der Waals surface area (Å²) in [7, 11) is 0. The van der Waals surface area contributed by atoms with Gasteiger partial charge in [0.05, 0.1) is 17.0 Å². The van der Waals surface area contributed by atoms with E-state index in [4.69, 9.17) is 15.0 Å². The van der Waals surface area contributed by atoms with Crippen molar-refractivity contribution in [1.29, 1.82) is 0 Å². The fourth-order valence-corrected chi connectivity index (χ4v) is 2.40. The Balaban J connectivity index is 1.97. The highest BCUT2D eigenvalue weighted by molar-refractivity contribution is 7.14. The molecule has 0 amide bonds. The molecule has 0 aliphatic rings. The number of ether oxygens (including phenoxy) is 2. The highest BCUT2D eigenvalue weighted by Gasteiger charge is 2.04. The topological polar surface area (TPSA) is 80.1 Å². The van der Waals surface area contributed by atoms with Crippen molar-refractivity contribution < 1.29 is 9.47 Å². The molecule has 0 N–H and O–H groups in total. The Kier molecular flexibility index (Phi) is 6.02. The van der Waals surface area contributed by atoms with E-state index in [1.807, 2.05) is 57.2 Å². The first kappa shape index (κ1) is 16.9. The van der Waals surface area contributed by atoms with Gasteiger partial charge < -0.3 is 9.47 Å². The zero-order chi connectivity index (χ0) is 16.7. The molecular weight excluding hydrogens is 312 g/mol. The number of nitrogens with zero attached hydrogens (tertiary/aromatic N) is 4. The lowest BCUT2D eigenvalue weighted by atomic mass is 10.3. The van der Waals surface area contributed by atoms with Crippen molar-refractivity contribution >= 4 is 17.4 Å². The summed E-state index contributed by atoms with van der Waals surface area (Å²) in [6.07, 6.45) is 5.54. The number of thiazole rings is 1. The van der Waals surface area contributed by atoms with E-state index in [1.54, 1.807) is 6.20 Å². The SMILES string of the molecule is CC(C=Cc1cnc(Oc2ccc(OC(C)C)cc2)s1)N=[N+]=[N-]. The van der Waals surface area contributed by atoms with Crippen molar-refractivity contribution in [2.24, 2.45) is 5.11 Å². The Bertz CT molecular complexity index is 703. The highest BCUT2D eigenvalue weighted by atomic mass is 32.1. The molecule has 1 heterocycles.